The van der Waals surface area contributed by atoms with Gasteiger partial charge in [0.25, 0.3) is 0 Å². The summed E-state index contributed by atoms with van der Waals surface area (Å²) in [6, 6.07) is 0.264. The molecule has 1 N–H and O–H groups in total. The number of amides is 1. The first kappa shape index (κ1) is 12.8. The van der Waals surface area contributed by atoms with Crippen LogP contribution < -0.4 is 5.32 Å². The van der Waals surface area contributed by atoms with Crippen molar-refractivity contribution >= 4 is 17.7 Å². The Hall–Kier alpha value is -0.220. The molecule has 13 heavy (non-hydrogen) atoms. The number of hydrogen-bond donors (Lipinski definition) is 1. The Labute approximate surface area is 84.6 Å². The lowest BCUT2D eigenvalue weighted by atomic mass is 10.2. The Bertz CT molecular complexity index is 153. The molecule has 1 amide bonds. The van der Waals surface area contributed by atoms with Gasteiger partial charge in [0.1, 0.15) is 6.10 Å². The maximum Gasteiger partial charge on any atom is 0.249 e. The molecule has 0 fully saturated rings. The number of hydrogen-bond acceptors (Lipinski definition) is 3. The maximum absolute atomic E-state index is 11.4. The van der Waals surface area contributed by atoms with Crippen LogP contribution in [0.5, 0.6) is 0 Å². The Morgan fingerprint density at radius 1 is 1.62 bits per heavy atom. The van der Waals surface area contributed by atoms with Crippen LogP contribution in [0.25, 0.3) is 0 Å². The summed E-state index contributed by atoms with van der Waals surface area (Å²) in [6.07, 6.45) is 2.65. The highest BCUT2D eigenvalue weighted by Crippen LogP contribution is 2.01. The number of thioether (sulfide) groups is 1. The first-order chi connectivity index (χ1) is 6.15. The molecule has 78 valence electrons. The van der Waals surface area contributed by atoms with E-state index in [1.165, 1.54) is 0 Å². The third kappa shape index (κ3) is 5.16. The van der Waals surface area contributed by atoms with E-state index in [2.05, 4.69) is 12.2 Å². The zero-order chi connectivity index (χ0) is 10.3. The van der Waals surface area contributed by atoms with Gasteiger partial charge in [-0.3, -0.25) is 4.79 Å². The lowest BCUT2D eigenvalue weighted by molar-refractivity contribution is -0.130. The van der Waals surface area contributed by atoms with Crippen molar-refractivity contribution in [1.82, 2.24) is 5.32 Å². The normalized spacial score (nSPS) is 15.1. The minimum atomic E-state index is -0.351. The molecule has 0 aliphatic heterocycles. The predicted molar refractivity (Wildman–Crippen MR) is 57.1 cm³/mol. The molecular weight excluding hydrogens is 186 g/mol. The van der Waals surface area contributed by atoms with Crippen LogP contribution in [0.3, 0.4) is 0 Å². The Kier molecular flexibility index (Phi) is 7.09. The quantitative estimate of drug-likeness (QED) is 0.710. The van der Waals surface area contributed by atoms with Gasteiger partial charge in [0.15, 0.2) is 0 Å². The summed E-state index contributed by atoms with van der Waals surface area (Å²) < 4.78 is 4.92. The molecule has 0 aromatic carbocycles. The molecule has 0 radical (unpaired) electrons. The Morgan fingerprint density at radius 2 is 2.23 bits per heavy atom. The minimum Gasteiger partial charge on any atom is -0.372 e. The second kappa shape index (κ2) is 7.21. The molecule has 0 aliphatic carbocycles. The number of nitrogens with one attached hydrogen (secondary N) is 1. The maximum atomic E-state index is 11.4. The van der Waals surface area contributed by atoms with Crippen LogP contribution in [0.1, 0.15) is 20.3 Å². The van der Waals surface area contributed by atoms with Gasteiger partial charge >= 0.3 is 0 Å². The number of methoxy groups -OCH3 is 1. The number of ether oxygens (including phenoxy) is 1. The van der Waals surface area contributed by atoms with E-state index in [9.17, 15) is 4.79 Å². The lowest BCUT2D eigenvalue weighted by Gasteiger charge is -2.18. The lowest BCUT2D eigenvalue weighted by Crippen LogP contribution is -2.41. The highest BCUT2D eigenvalue weighted by atomic mass is 32.2. The van der Waals surface area contributed by atoms with Crippen molar-refractivity contribution in [3.8, 4) is 0 Å². The van der Waals surface area contributed by atoms with Crippen molar-refractivity contribution < 1.29 is 9.53 Å². The molecule has 0 aliphatic rings. The highest BCUT2D eigenvalue weighted by Gasteiger charge is 2.15. The predicted octanol–water partition coefficient (Wildman–Crippen LogP) is 1.28. The largest absolute Gasteiger partial charge is 0.372 e. The zero-order valence-corrected chi connectivity index (χ0v) is 9.61. The summed E-state index contributed by atoms with van der Waals surface area (Å²) in [5, 5.41) is 2.93. The summed E-state index contributed by atoms with van der Waals surface area (Å²) >= 11 is 1.74. The fourth-order valence-electron chi connectivity index (χ4n) is 0.888. The van der Waals surface area contributed by atoms with E-state index in [4.69, 9.17) is 4.74 Å². The number of carbonyl (C=O) groups excluding carboxylic acids is 1. The van der Waals surface area contributed by atoms with Crippen molar-refractivity contribution in [2.24, 2.45) is 0 Å². The van der Waals surface area contributed by atoms with Gasteiger partial charge in [-0.2, -0.15) is 11.8 Å². The molecule has 4 heteroatoms. The first-order valence-corrected chi connectivity index (χ1v) is 5.87. The molecule has 0 aromatic rings. The van der Waals surface area contributed by atoms with Gasteiger partial charge in [0.05, 0.1) is 0 Å². The fourth-order valence-corrected chi connectivity index (χ4v) is 1.61. The average Bonchev–Trinajstić information content (AvgIpc) is 2.15. The van der Waals surface area contributed by atoms with Gasteiger partial charge < -0.3 is 10.1 Å². The van der Waals surface area contributed by atoms with Gasteiger partial charge in [0, 0.05) is 18.9 Å². The molecule has 0 saturated carbocycles. The molecule has 0 aromatic heterocycles. The standard InChI is InChI=1S/C9H19NO2S/c1-5-8(6-13-4)10-9(11)7(2)12-3/h7-8H,5-6H2,1-4H3,(H,10,11). The third-order valence-electron chi connectivity index (χ3n) is 1.93. The Balaban J connectivity index is 3.85. The van der Waals surface area contributed by atoms with Gasteiger partial charge in [-0.05, 0) is 19.6 Å². The van der Waals surface area contributed by atoms with Crippen LogP contribution >= 0.6 is 11.8 Å². The van der Waals surface area contributed by atoms with E-state index in [0.717, 1.165) is 12.2 Å². The van der Waals surface area contributed by atoms with Gasteiger partial charge in [-0.1, -0.05) is 6.92 Å². The van der Waals surface area contributed by atoms with E-state index in [1.807, 2.05) is 6.26 Å². The molecule has 0 heterocycles. The number of rotatable bonds is 6. The summed E-state index contributed by atoms with van der Waals surface area (Å²) in [6.45, 7) is 3.82. The average molecular weight is 205 g/mol. The van der Waals surface area contributed by atoms with E-state index >= 15 is 0 Å². The molecular formula is C9H19NO2S. The molecule has 2 atom stereocenters. The van der Waals surface area contributed by atoms with Crippen molar-refractivity contribution in [3.05, 3.63) is 0 Å². The van der Waals surface area contributed by atoms with E-state index in [0.29, 0.717) is 0 Å². The van der Waals surface area contributed by atoms with Gasteiger partial charge in [0.2, 0.25) is 5.91 Å². The summed E-state index contributed by atoms with van der Waals surface area (Å²) in [4.78, 5) is 11.4. The Morgan fingerprint density at radius 3 is 2.62 bits per heavy atom. The second-order valence-electron chi connectivity index (χ2n) is 2.95. The topological polar surface area (TPSA) is 38.3 Å². The molecule has 2 unspecified atom stereocenters. The van der Waals surface area contributed by atoms with Crippen molar-refractivity contribution in [2.75, 3.05) is 19.1 Å². The van der Waals surface area contributed by atoms with Crippen LogP contribution in [-0.2, 0) is 9.53 Å². The zero-order valence-electron chi connectivity index (χ0n) is 8.79. The van der Waals surface area contributed by atoms with E-state index in [-0.39, 0.29) is 18.1 Å². The summed E-state index contributed by atoms with van der Waals surface area (Å²) in [7, 11) is 1.54. The first-order valence-electron chi connectivity index (χ1n) is 4.47. The van der Waals surface area contributed by atoms with Crippen LogP contribution in [0.4, 0.5) is 0 Å². The van der Waals surface area contributed by atoms with Crippen LogP contribution in [0, 0.1) is 0 Å². The molecule has 0 spiro atoms. The molecule has 3 nitrogen and oxygen atoms in total. The van der Waals surface area contributed by atoms with Crippen molar-refractivity contribution in [2.45, 2.75) is 32.4 Å². The molecule has 0 rings (SSSR count). The molecule has 0 saturated heterocycles. The van der Waals surface area contributed by atoms with E-state index in [1.54, 1.807) is 25.8 Å². The van der Waals surface area contributed by atoms with Crippen LogP contribution in [0.15, 0.2) is 0 Å². The summed E-state index contributed by atoms with van der Waals surface area (Å²) in [5.74, 6) is 0.932. The van der Waals surface area contributed by atoms with Crippen LogP contribution in [0.2, 0.25) is 0 Å². The van der Waals surface area contributed by atoms with Gasteiger partial charge in [-0.15, -0.1) is 0 Å². The second-order valence-corrected chi connectivity index (χ2v) is 3.86. The van der Waals surface area contributed by atoms with E-state index < -0.39 is 0 Å². The van der Waals surface area contributed by atoms with Crippen LogP contribution in [-0.4, -0.2) is 37.2 Å². The molecule has 0 bridgehead atoms. The number of carbonyl (C=O) groups is 1. The van der Waals surface area contributed by atoms with Gasteiger partial charge in [-0.25, -0.2) is 0 Å². The smallest absolute Gasteiger partial charge is 0.249 e. The van der Waals surface area contributed by atoms with Crippen molar-refractivity contribution in [3.63, 3.8) is 0 Å². The monoisotopic (exact) mass is 205 g/mol. The summed E-state index contributed by atoms with van der Waals surface area (Å²) in [5.41, 5.74) is 0. The SMILES string of the molecule is CCC(CSC)NC(=O)C(C)OC. The minimum absolute atomic E-state index is 0.0246. The highest BCUT2D eigenvalue weighted by molar-refractivity contribution is 7.98. The third-order valence-corrected chi connectivity index (χ3v) is 2.67. The van der Waals surface area contributed by atoms with Crippen molar-refractivity contribution in [1.29, 1.82) is 0 Å². The fraction of sp³-hybridized carbons (Fsp3) is 0.889.